The average molecular weight is 856 g/mol. The molecule has 3 fully saturated rings. The first kappa shape index (κ1) is 40.6. The second kappa shape index (κ2) is 16.6. The number of nitriles is 1. The number of benzene rings is 3. The number of hydrogen-bond acceptors (Lipinski definition) is 10. The number of thiocarbonyl (C=S) groups is 1. The van der Waals surface area contributed by atoms with Crippen LogP contribution in [0.2, 0.25) is 0 Å². The second-order valence-electron chi connectivity index (χ2n) is 14.0. The molecule has 1 atom stereocenters. The van der Waals surface area contributed by atoms with Crippen LogP contribution in [0.1, 0.15) is 37.8 Å². The van der Waals surface area contributed by atoms with Gasteiger partial charge in [0.2, 0.25) is 17.7 Å². The van der Waals surface area contributed by atoms with Crippen molar-refractivity contribution in [1.29, 1.82) is 5.26 Å². The van der Waals surface area contributed by atoms with Crippen LogP contribution in [0.4, 0.5) is 35.9 Å². The maximum Gasteiger partial charge on any atom is 0.417 e. The van der Waals surface area contributed by atoms with Crippen molar-refractivity contribution in [1.82, 2.24) is 15.1 Å². The van der Waals surface area contributed by atoms with Gasteiger partial charge in [-0.2, -0.15) is 18.4 Å². The van der Waals surface area contributed by atoms with Crippen LogP contribution in [-0.4, -0.2) is 96.0 Å². The summed E-state index contributed by atoms with van der Waals surface area (Å²) in [6.45, 7) is 7.33. The average Bonchev–Trinajstić information content (AvgIpc) is 3.32. The van der Waals surface area contributed by atoms with E-state index in [0.717, 1.165) is 30.1 Å². The maximum absolute atomic E-state index is 13.7. The third-order valence-electron chi connectivity index (χ3n) is 9.75. The summed E-state index contributed by atoms with van der Waals surface area (Å²) in [5, 5.41) is 17.5. The van der Waals surface area contributed by atoms with Crippen LogP contribution in [0, 0.1) is 11.3 Å². The van der Waals surface area contributed by atoms with Crippen LogP contribution in [0.25, 0.3) is 0 Å². The molecule has 3 aromatic rings. The molecule has 0 aromatic heterocycles. The third-order valence-corrected chi connectivity index (χ3v) is 10.7. The van der Waals surface area contributed by atoms with Gasteiger partial charge < -0.3 is 20.3 Å². The first-order valence-electron chi connectivity index (χ1n) is 17.7. The molecule has 0 radical (unpaired) electrons. The Hall–Kier alpha value is -5.09. The molecule has 3 saturated heterocycles. The van der Waals surface area contributed by atoms with Gasteiger partial charge in [0.15, 0.2) is 5.11 Å². The zero-order valence-corrected chi connectivity index (χ0v) is 32.8. The quantitative estimate of drug-likeness (QED) is 0.175. The van der Waals surface area contributed by atoms with Gasteiger partial charge in [-0.3, -0.25) is 39.2 Å². The Morgan fingerprint density at radius 2 is 1.71 bits per heavy atom. The largest absolute Gasteiger partial charge is 0.491 e. The van der Waals surface area contributed by atoms with Crippen LogP contribution >= 0.6 is 28.1 Å². The van der Waals surface area contributed by atoms with Crippen LogP contribution in [0.15, 0.2) is 65.1 Å². The fourth-order valence-corrected chi connectivity index (χ4v) is 7.79. The van der Waals surface area contributed by atoms with E-state index in [0.29, 0.717) is 59.9 Å². The summed E-state index contributed by atoms with van der Waals surface area (Å²) in [6.07, 6.45) is -4.14. The number of nitrogens with one attached hydrogen (secondary N) is 3. The Kier molecular flexibility index (Phi) is 12.0. The summed E-state index contributed by atoms with van der Waals surface area (Å²) < 4.78 is 47.8. The van der Waals surface area contributed by atoms with Gasteiger partial charge >= 0.3 is 6.18 Å². The van der Waals surface area contributed by atoms with Crippen molar-refractivity contribution >= 4 is 79.6 Å². The monoisotopic (exact) mass is 854 g/mol. The highest BCUT2D eigenvalue weighted by molar-refractivity contribution is 9.10. The Morgan fingerprint density at radius 3 is 2.39 bits per heavy atom. The predicted molar refractivity (Wildman–Crippen MR) is 210 cm³/mol. The van der Waals surface area contributed by atoms with E-state index in [-0.39, 0.29) is 41.5 Å². The van der Waals surface area contributed by atoms with Crippen molar-refractivity contribution < 1.29 is 37.1 Å². The number of anilines is 4. The van der Waals surface area contributed by atoms with E-state index in [1.54, 1.807) is 67.3 Å². The molecular weight excluding hydrogens is 817 g/mol. The number of ether oxygens (including phenoxy) is 1. The Bertz CT molecular complexity index is 2100. The highest BCUT2D eigenvalue weighted by Crippen LogP contribution is 2.41. The van der Waals surface area contributed by atoms with Gasteiger partial charge in [0, 0.05) is 56.2 Å². The van der Waals surface area contributed by atoms with Crippen LogP contribution < -0.4 is 30.5 Å². The molecule has 294 valence electrons. The highest BCUT2D eigenvalue weighted by atomic mass is 79.9. The van der Waals surface area contributed by atoms with E-state index in [9.17, 15) is 37.6 Å². The van der Waals surface area contributed by atoms with E-state index in [1.807, 2.05) is 0 Å². The normalized spacial score (nSPS) is 19.1. The van der Waals surface area contributed by atoms with E-state index in [4.69, 9.17) is 17.0 Å². The Labute approximate surface area is 334 Å². The number of amides is 4. The lowest BCUT2D eigenvalue weighted by atomic mass is 10.0. The lowest BCUT2D eigenvalue weighted by Gasteiger charge is -2.34. The van der Waals surface area contributed by atoms with Crippen molar-refractivity contribution in [2.75, 3.05) is 66.3 Å². The van der Waals surface area contributed by atoms with Crippen LogP contribution in [-0.2, 0) is 25.4 Å². The van der Waals surface area contributed by atoms with Gasteiger partial charge in [0.05, 0.1) is 33.9 Å². The van der Waals surface area contributed by atoms with Gasteiger partial charge in [-0.1, -0.05) is 6.07 Å². The summed E-state index contributed by atoms with van der Waals surface area (Å²) in [6, 6.07) is 16.4. The number of piperazine rings is 1. The summed E-state index contributed by atoms with van der Waals surface area (Å²) in [7, 11) is 0. The molecule has 13 nitrogen and oxygen atoms in total. The minimum atomic E-state index is -4.80. The van der Waals surface area contributed by atoms with E-state index >= 15 is 0 Å². The number of piperidine rings is 1. The predicted octanol–water partition coefficient (Wildman–Crippen LogP) is 5.11. The first-order chi connectivity index (χ1) is 26.5. The molecule has 56 heavy (non-hydrogen) atoms. The van der Waals surface area contributed by atoms with E-state index < -0.39 is 34.8 Å². The fraction of sp³-hybridized carbons (Fsp3) is 0.368. The number of halogens is 4. The molecule has 3 N–H and O–H groups in total. The number of nitrogens with zero attached hydrogens (tertiary/aromatic N) is 5. The van der Waals surface area contributed by atoms with Crippen molar-refractivity contribution in [2.24, 2.45) is 0 Å². The van der Waals surface area contributed by atoms with Gasteiger partial charge in [-0.05, 0) is 103 Å². The molecule has 3 heterocycles. The smallest absolute Gasteiger partial charge is 0.417 e. The van der Waals surface area contributed by atoms with E-state index in [2.05, 4.69) is 41.7 Å². The Balaban J connectivity index is 0.976. The van der Waals surface area contributed by atoms with Crippen molar-refractivity contribution in [3.63, 3.8) is 0 Å². The molecule has 3 aliphatic heterocycles. The molecule has 0 saturated carbocycles. The zero-order chi connectivity index (χ0) is 40.4. The molecular formula is C38H38BrF3N8O5S. The van der Waals surface area contributed by atoms with Gasteiger partial charge in [0.25, 0.3) is 5.91 Å². The first-order valence-corrected chi connectivity index (χ1v) is 18.9. The van der Waals surface area contributed by atoms with E-state index in [1.165, 1.54) is 6.07 Å². The molecule has 0 spiro atoms. The molecule has 0 bridgehead atoms. The molecule has 3 aromatic carbocycles. The highest BCUT2D eigenvalue weighted by Gasteiger charge is 2.51. The van der Waals surface area contributed by atoms with Crippen LogP contribution in [0.5, 0.6) is 5.75 Å². The minimum Gasteiger partial charge on any atom is -0.491 e. The number of imide groups is 1. The summed E-state index contributed by atoms with van der Waals surface area (Å²) in [5.41, 5.74) is -1.26. The lowest BCUT2D eigenvalue weighted by Crippen LogP contribution is -2.49. The zero-order valence-electron chi connectivity index (χ0n) is 30.4. The fourth-order valence-electron chi connectivity index (χ4n) is 6.78. The van der Waals surface area contributed by atoms with Crippen molar-refractivity contribution in [3.05, 3.63) is 76.3 Å². The molecule has 1 unspecified atom stereocenters. The maximum atomic E-state index is 13.7. The molecule has 6 rings (SSSR count). The lowest BCUT2D eigenvalue weighted by molar-refractivity contribution is -0.138. The number of carbonyl (C=O) groups excluding carboxylic acids is 4. The number of carbonyl (C=O) groups is 4. The second-order valence-corrected chi connectivity index (χ2v) is 15.2. The van der Waals surface area contributed by atoms with Crippen molar-refractivity contribution in [3.8, 4) is 11.8 Å². The molecule has 3 aliphatic rings. The van der Waals surface area contributed by atoms with Crippen LogP contribution in [0.3, 0.4) is 0 Å². The number of alkyl halides is 3. The number of rotatable bonds is 11. The molecule has 18 heteroatoms. The Morgan fingerprint density at radius 1 is 1.02 bits per heavy atom. The summed E-state index contributed by atoms with van der Waals surface area (Å²) >= 11 is 9.20. The standard InChI is InChI=1S/C38H38BrF3N8O5S/c1-37(2)35(54)49(26-7-6-23(21-43)28(19-26)38(40,41)42)36(56)50(37)27-8-10-31(29(39)20-27)55-17-16-47-12-14-48(15-13-47)22-33(52)45-25-5-3-4-24(18-25)44-30-9-11-32(51)46-34(30)53/h3-8,10,18-20,30,44H,9,11-17,22H2,1-2H3,(H,45,52)(H,46,51,53). The van der Waals surface area contributed by atoms with Crippen molar-refractivity contribution in [2.45, 2.75) is 44.4 Å². The van der Waals surface area contributed by atoms with Gasteiger partial charge in [-0.15, -0.1) is 0 Å². The third kappa shape index (κ3) is 8.96. The number of hydrogen-bond donors (Lipinski definition) is 3. The SMILES string of the molecule is CC1(C)C(=O)N(c2ccc(C#N)c(C(F)(F)F)c2)C(=S)N1c1ccc(OCCN2CCN(CC(=O)Nc3cccc(NC4CCC(=O)NC4=O)c3)CC2)c(Br)c1. The molecule has 4 amide bonds. The van der Waals surface area contributed by atoms with Gasteiger partial charge in [0.1, 0.15) is 23.9 Å². The van der Waals surface area contributed by atoms with Gasteiger partial charge in [-0.25, -0.2) is 0 Å². The topological polar surface area (TPSA) is 150 Å². The summed E-state index contributed by atoms with van der Waals surface area (Å²) in [4.78, 5) is 56.9. The molecule has 0 aliphatic carbocycles. The summed E-state index contributed by atoms with van der Waals surface area (Å²) in [5.74, 6) is -0.790. The minimum absolute atomic E-state index is 0.0106.